The Kier molecular flexibility index (Phi) is 5.00. The van der Waals surface area contributed by atoms with Gasteiger partial charge < -0.3 is 10.6 Å². The lowest BCUT2D eigenvalue weighted by Crippen LogP contribution is -2.06. The van der Waals surface area contributed by atoms with Gasteiger partial charge in [0.1, 0.15) is 5.82 Å². The molecule has 24 heavy (non-hydrogen) atoms. The molecular formula is C17H15BrFN5. The number of halogens is 2. The van der Waals surface area contributed by atoms with Crippen LogP contribution in [0.2, 0.25) is 0 Å². The molecule has 5 nitrogen and oxygen atoms in total. The summed E-state index contributed by atoms with van der Waals surface area (Å²) in [5.74, 6) is 0.617. The molecule has 0 atom stereocenters. The Hall–Kier alpha value is -2.54. The maximum absolute atomic E-state index is 13.6. The molecule has 0 spiro atoms. The summed E-state index contributed by atoms with van der Waals surface area (Å²) in [6.45, 7) is 2.33. The fourth-order valence-corrected chi connectivity index (χ4v) is 2.70. The summed E-state index contributed by atoms with van der Waals surface area (Å²) in [6, 6.07) is 12.5. The number of hydrogen-bond donors (Lipinski definition) is 2. The first kappa shape index (κ1) is 16.3. The number of hydrogen-bond acceptors (Lipinski definition) is 5. The highest BCUT2D eigenvalue weighted by Crippen LogP contribution is 2.25. The number of benzene rings is 2. The lowest BCUT2D eigenvalue weighted by atomic mass is 10.2. The number of aryl methyl sites for hydroxylation is 1. The predicted molar refractivity (Wildman–Crippen MR) is 95.7 cm³/mol. The molecule has 3 rings (SSSR count). The Balaban J connectivity index is 1.71. The van der Waals surface area contributed by atoms with Crippen molar-refractivity contribution in [2.24, 2.45) is 0 Å². The van der Waals surface area contributed by atoms with Crippen molar-refractivity contribution in [2.75, 3.05) is 10.6 Å². The van der Waals surface area contributed by atoms with Crippen LogP contribution >= 0.6 is 15.9 Å². The molecule has 0 fully saturated rings. The van der Waals surface area contributed by atoms with Crippen molar-refractivity contribution in [3.63, 3.8) is 0 Å². The summed E-state index contributed by atoms with van der Waals surface area (Å²) < 4.78 is 14.5. The van der Waals surface area contributed by atoms with Crippen molar-refractivity contribution in [1.29, 1.82) is 0 Å². The standard InChI is InChI=1S/C17H15BrFN5/c1-11-6-7-15(13(18)8-11)22-17-23-16(10-21-24-17)20-9-12-4-2-3-5-14(12)19/h2-8,10H,9H2,1H3,(H2,20,22,23,24). The fourth-order valence-electron chi connectivity index (χ4n) is 2.11. The van der Waals surface area contributed by atoms with E-state index in [1.165, 1.54) is 12.3 Å². The van der Waals surface area contributed by atoms with Crippen molar-refractivity contribution in [3.8, 4) is 0 Å². The van der Waals surface area contributed by atoms with E-state index in [-0.39, 0.29) is 5.82 Å². The Morgan fingerprint density at radius 2 is 2.00 bits per heavy atom. The first-order valence-electron chi connectivity index (χ1n) is 7.32. The molecule has 0 radical (unpaired) electrons. The van der Waals surface area contributed by atoms with Crippen molar-refractivity contribution >= 4 is 33.4 Å². The van der Waals surface area contributed by atoms with Crippen LogP contribution in [0.25, 0.3) is 0 Å². The van der Waals surface area contributed by atoms with Gasteiger partial charge in [0.25, 0.3) is 0 Å². The number of nitrogens with zero attached hydrogens (tertiary/aromatic N) is 3. The quantitative estimate of drug-likeness (QED) is 0.677. The molecule has 0 aliphatic rings. The van der Waals surface area contributed by atoms with Crippen LogP contribution in [-0.4, -0.2) is 15.2 Å². The Morgan fingerprint density at radius 1 is 1.17 bits per heavy atom. The zero-order valence-electron chi connectivity index (χ0n) is 12.9. The van der Waals surface area contributed by atoms with Crippen molar-refractivity contribution in [3.05, 3.63) is 70.1 Å². The highest BCUT2D eigenvalue weighted by molar-refractivity contribution is 9.10. The van der Waals surface area contributed by atoms with Crippen LogP contribution in [0.1, 0.15) is 11.1 Å². The Morgan fingerprint density at radius 3 is 2.79 bits per heavy atom. The monoisotopic (exact) mass is 387 g/mol. The van der Waals surface area contributed by atoms with Gasteiger partial charge in [-0.15, -0.1) is 5.10 Å². The van der Waals surface area contributed by atoms with Gasteiger partial charge in [0, 0.05) is 16.6 Å². The lowest BCUT2D eigenvalue weighted by molar-refractivity contribution is 0.613. The van der Waals surface area contributed by atoms with Crippen LogP contribution in [0.3, 0.4) is 0 Å². The van der Waals surface area contributed by atoms with E-state index in [9.17, 15) is 4.39 Å². The topological polar surface area (TPSA) is 62.7 Å². The number of nitrogens with one attached hydrogen (secondary N) is 2. The van der Waals surface area contributed by atoms with Gasteiger partial charge in [-0.05, 0) is 46.6 Å². The molecule has 0 aliphatic carbocycles. The molecule has 2 N–H and O–H groups in total. The highest BCUT2D eigenvalue weighted by atomic mass is 79.9. The van der Waals surface area contributed by atoms with E-state index in [4.69, 9.17) is 0 Å². The van der Waals surface area contributed by atoms with Gasteiger partial charge in [-0.3, -0.25) is 0 Å². The molecule has 0 saturated heterocycles. The van der Waals surface area contributed by atoms with Crippen LogP contribution in [0.15, 0.2) is 53.1 Å². The van der Waals surface area contributed by atoms with Gasteiger partial charge in [-0.25, -0.2) is 4.39 Å². The van der Waals surface area contributed by atoms with Crippen LogP contribution in [-0.2, 0) is 6.54 Å². The second kappa shape index (κ2) is 7.35. The van der Waals surface area contributed by atoms with E-state index in [0.717, 1.165) is 15.7 Å². The van der Waals surface area contributed by atoms with Crippen LogP contribution in [0.4, 0.5) is 21.8 Å². The average molecular weight is 388 g/mol. The number of aromatic nitrogens is 3. The van der Waals surface area contributed by atoms with Crippen LogP contribution in [0.5, 0.6) is 0 Å². The van der Waals surface area contributed by atoms with E-state index in [2.05, 4.69) is 41.7 Å². The zero-order valence-corrected chi connectivity index (χ0v) is 14.5. The summed E-state index contributed by atoms with van der Waals surface area (Å²) in [6.07, 6.45) is 1.50. The van der Waals surface area contributed by atoms with E-state index >= 15 is 0 Å². The van der Waals surface area contributed by atoms with Gasteiger partial charge in [0.15, 0.2) is 5.82 Å². The third kappa shape index (κ3) is 4.05. The third-order valence-electron chi connectivity index (χ3n) is 3.35. The van der Waals surface area contributed by atoms with E-state index in [0.29, 0.717) is 23.9 Å². The minimum atomic E-state index is -0.256. The van der Waals surface area contributed by atoms with Gasteiger partial charge in [-0.2, -0.15) is 10.1 Å². The molecule has 0 bridgehead atoms. The van der Waals surface area contributed by atoms with Gasteiger partial charge in [0.2, 0.25) is 5.95 Å². The molecule has 122 valence electrons. The Bertz CT molecular complexity index is 856. The third-order valence-corrected chi connectivity index (χ3v) is 4.00. The van der Waals surface area contributed by atoms with Crippen LogP contribution < -0.4 is 10.6 Å². The molecule has 0 aliphatic heterocycles. The average Bonchev–Trinajstić information content (AvgIpc) is 2.57. The fraction of sp³-hybridized carbons (Fsp3) is 0.118. The minimum Gasteiger partial charge on any atom is -0.364 e. The SMILES string of the molecule is Cc1ccc(Nc2nncc(NCc3ccccc3F)n2)c(Br)c1. The molecule has 3 aromatic rings. The van der Waals surface area contributed by atoms with Crippen molar-refractivity contribution < 1.29 is 4.39 Å². The van der Waals surface area contributed by atoms with Gasteiger partial charge in [-0.1, -0.05) is 24.3 Å². The molecule has 2 aromatic carbocycles. The van der Waals surface area contributed by atoms with E-state index in [1.807, 2.05) is 25.1 Å². The number of anilines is 3. The molecule has 0 unspecified atom stereocenters. The molecule has 7 heteroatoms. The second-order valence-electron chi connectivity index (χ2n) is 5.22. The summed E-state index contributed by atoms with van der Waals surface area (Å²) >= 11 is 3.50. The maximum atomic E-state index is 13.6. The summed E-state index contributed by atoms with van der Waals surface area (Å²) in [7, 11) is 0. The Labute approximate surface area is 147 Å². The van der Waals surface area contributed by atoms with Gasteiger partial charge >= 0.3 is 0 Å². The molecular weight excluding hydrogens is 373 g/mol. The van der Waals surface area contributed by atoms with E-state index < -0.39 is 0 Å². The normalized spacial score (nSPS) is 10.5. The molecule has 0 saturated carbocycles. The first-order valence-corrected chi connectivity index (χ1v) is 8.11. The predicted octanol–water partition coefficient (Wildman–Crippen LogP) is 4.44. The van der Waals surface area contributed by atoms with Crippen LogP contribution in [0, 0.1) is 12.7 Å². The van der Waals surface area contributed by atoms with Crippen molar-refractivity contribution in [1.82, 2.24) is 15.2 Å². The summed E-state index contributed by atoms with van der Waals surface area (Å²) in [5.41, 5.74) is 2.55. The lowest BCUT2D eigenvalue weighted by Gasteiger charge is -2.09. The highest BCUT2D eigenvalue weighted by Gasteiger charge is 2.06. The molecule has 1 heterocycles. The number of rotatable bonds is 5. The summed E-state index contributed by atoms with van der Waals surface area (Å²) in [4.78, 5) is 4.34. The smallest absolute Gasteiger partial charge is 0.249 e. The maximum Gasteiger partial charge on any atom is 0.249 e. The van der Waals surface area contributed by atoms with Crippen molar-refractivity contribution in [2.45, 2.75) is 13.5 Å². The molecule has 1 aromatic heterocycles. The molecule has 0 amide bonds. The largest absolute Gasteiger partial charge is 0.364 e. The van der Waals surface area contributed by atoms with Gasteiger partial charge in [0.05, 0.1) is 11.9 Å². The minimum absolute atomic E-state index is 0.256. The second-order valence-corrected chi connectivity index (χ2v) is 6.07. The van der Waals surface area contributed by atoms with E-state index in [1.54, 1.807) is 18.2 Å². The first-order chi connectivity index (χ1) is 11.6. The zero-order chi connectivity index (χ0) is 16.9. The summed E-state index contributed by atoms with van der Waals surface area (Å²) in [5, 5.41) is 14.0.